The van der Waals surface area contributed by atoms with E-state index in [1.165, 1.54) is 6.07 Å². The fourth-order valence-electron chi connectivity index (χ4n) is 1.78. The zero-order valence-electron chi connectivity index (χ0n) is 11.3. The SMILES string of the molecule is Cc1ccc(O)c(C(=O)NCCOc2ccccc2)c1. The lowest BCUT2D eigenvalue weighted by molar-refractivity contribution is 0.0944. The number of para-hydroxylation sites is 1. The van der Waals surface area contributed by atoms with Crippen LogP contribution < -0.4 is 10.1 Å². The van der Waals surface area contributed by atoms with Crippen molar-refractivity contribution in [2.45, 2.75) is 6.92 Å². The molecule has 2 aromatic carbocycles. The predicted molar refractivity (Wildman–Crippen MR) is 77.1 cm³/mol. The Kier molecular flexibility index (Phi) is 4.60. The molecule has 0 aromatic heterocycles. The van der Waals surface area contributed by atoms with E-state index in [1.807, 2.05) is 37.3 Å². The largest absolute Gasteiger partial charge is 0.507 e. The highest BCUT2D eigenvalue weighted by atomic mass is 16.5. The molecule has 0 fully saturated rings. The summed E-state index contributed by atoms with van der Waals surface area (Å²) in [5, 5.41) is 12.4. The highest BCUT2D eigenvalue weighted by molar-refractivity contribution is 5.96. The number of hydrogen-bond acceptors (Lipinski definition) is 3. The number of rotatable bonds is 5. The maximum absolute atomic E-state index is 11.9. The van der Waals surface area contributed by atoms with Gasteiger partial charge in [-0.2, -0.15) is 0 Å². The number of hydrogen-bond donors (Lipinski definition) is 2. The molecule has 104 valence electrons. The summed E-state index contributed by atoms with van der Waals surface area (Å²) in [6.45, 7) is 2.62. The van der Waals surface area contributed by atoms with Crippen LogP contribution in [0, 0.1) is 6.92 Å². The van der Waals surface area contributed by atoms with E-state index in [0.717, 1.165) is 11.3 Å². The third-order valence-electron chi connectivity index (χ3n) is 2.80. The summed E-state index contributed by atoms with van der Waals surface area (Å²) in [7, 11) is 0. The van der Waals surface area contributed by atoms with Crippen LogP contribution in [0.1, 0.15) is 15.9 Å². The smallest absolute Gasteiger partial charge is 0.255 e. The molecule has 0 atom stereocenters. The molecular weight excluding hydrogens is 254 g/mol. The average Bonchev–Trinajstić information content (AvgIpc) is 2.47. The van der Waals surface area contributed by atoms with E-state index in [4.69, 9.17) is 4.74 Å². The first-order valence-electron chi connectivity index (χ1n) is 6.42. The lowest BCUT2D eigenvalue weighted by Gasteiger charge is -2.09. The fourth-order valence-corrected chi connectivity index (χ4v) is 1.78. The van der Waals surface area contributed by atoms with Crippen LogP contribution in [-0.2, 0) is 0 Å². The standard InChI is InChI=1S/C16H17NO3/c1-12-7-8-15(18)14(11-12)16(19)17-9-10-20-13-5-3-2-4-6-13/h2-8,11,18H,9-10H2,1H3,(H,17,19). The van der Waals surface area contributed by atoms with Crippen LogP contribution in [-0.4, -0.2) is 24.2 Å². The number of benzene rings is 2. The number of carbonyl (C=O) groups is 1. The van der Waals surface area contributed by atoms with E-state index in [9.17, 15) is 9.90 Å². The summed E-state index contributed by atoms with van der Waals surface area (Å²) in [6.07, 6.45) is 0. The van der Waals surface area contributed by atoms with Crippen LogP contribution in [0.15, 0.2) is 48.5 Å². The minimum atomic E-state index is -0.303. The molecule has 0 unspecified atom stereocenters. The predicted octanol–water partition coefficient (Wildman–Crippen LogP) is 2.51. The molecule has 2 aromatic rings. The van der Waals surface area contributed by atoms with Crippen molar-refractivity contribution < 1.29 is 14.6 Å². The first-order chi connectivity index (χ1) is 9.66. The van der Waals surface area contributed by atoms with Crippen molar-refractivity contribution in [2.75, 3.05) is 13.2 Å². The summed E-state index contributed by atoms with van der Waals surface area (Å²) < 4.78 is 5.47. The quantitative estimate of drug-likeness (QED) is 0.821. The van der Waals surface area contributed by atoms with Crippen LogP contribution >= 0.6 is 0 Å². The van der Waals surface area contributed by atoms with Crippen LogP contribution in [0.3, 0.4) is 0 Å². The molecule has 0 aliphatic carbocycles. The van der Waals surface area contributed by atoms with Crippen LogP contribution in [0.25, 0.3) is 0 Å². The molecule has 2 N–H and O–H groups in total. The molecule has 0 radical (unpaired) electrons. The number of amides is 1. The van der Waals surface area contributed by atoms with Gasteiger partial charge in [-0.25, -0.2) is 0 Å². The number of phenols is 1. The number of nitrogens with one attached hydrogen (secondary N) is 1. The molecule has 0 saturated heterocycles. The van der Waals surface area contributed by atoms with Gasteiger partial charge >= 0.3 is 0 Å². The van der Waals surface area contributed by atoms with Gasteiger partial charge < -0.3 is 15.2 Å². The maximum Gasteiger partial charge on any atom is 0.255 e. The van der Waals surface area contributed by atoms with E-state index in [0.29, 0.717) is 13.2 Å². The van der Waals surface area contributed by atoms with Gasteiger partial charge in [-0.05, 0) is 31.2 Å². The molecule has 4 nitrogen and oxygen atoms in total. The fraction of sp³-hybridized carbons (Fsp3) is 0.188. The van der Waals surface area contributed by atoms with Gasteiger partial charge in [0.05, 0.1) is 12.1 Å². The Hall–Kier alpha value is -2.49. The number of aromatic hydroxyl groups is 1. The Morgan fingerprint density at radius 2 is 1.95 bits per heavy atom. The van der Waals surface area contributed by atoms with Gasteiger partial charge in [-0.15, -0.1) is 0 Å². The average molecular weight is 271 g/mol. The summed E-state index contributed by atoms with van der Waals surface area (Å²) in [4.78, 5) is 11.9. The van der Waals surface area contributed by atoms with Gasteiger partial charge in [0, 0.05) is 0 Å². The van der Waals surface area contributed by atoms with Crippen LogP contribution in [0.5, 0.6) is 11.5 Å². The topological polar surface area (TPSA) is 58.6 Å². The maximum atomic E-state index is 11.9. The van der Waals surface area contributed by atoms with Crippen molar-refractivity contribution >= 4 is 5.91 Å². The van der Waals surface area contributed by atoms with Gasteiger partial charge in [0.15, 0.2) is 0 Å². The molecule has 20 heavy (non-hydrogen) atoms. The van der Waals surface area contributed by atoms with E-state index in [1.54, 1.807) is 12.1 Å². The van der Waals surface area contributed by atoms with Crippen molar-refractivity contribution in [2.24, 2.45) is 0 Å². The van der Waals surface area contributed by atoms with E-state index >= 15 is 0 Å². The molecule has 2 rings (SSSR count). The van der Waals surface area contributed by atoms with E-state index < -0.39 is 0 Å². The highest BCUT2D eigenvalue weighted by Gasteiger charge is 2.10. The Bertz CT molecular complexity index is 582. The van der Waals surface area contributed by atoms with Crippen molar-refractivity contribution in [3.63, 3.8) is 0 Å². The molecule has 0 saturated carbocycles. The minimum absolute atomic E-state index is 0.0166. The number of carbonyl (C=O) groups excluding carboxylic acids is 1. The Morgan fingerprint density at radius 3 is 2.70 bits per heavy atom. The van der Waals surface area contributed by atoms with Crippen LogP contribution in [0.4, 0.5) is 0 Å². The van der Waals surface area contributed by atoms with Gasteiger partial charge in [0.1, 0.15) is 18.1 Å². The summed E-state index contributed by atoms with van der Waals surface area (Å²) in [5.41, 5.74) is 1.21. The van der Waals surface area contributed by atoms with Crippen molar-refractivity contribution in [3.8, 4) is 11.5 Å². The van der Waals surface area contributed by atoms with Crippen molar-refractivity contribution in [1.29, 1.82) is 0 Å². The molecule has 4 heteroatoms. The van der Waals surface area contributed by atoms with Gasteiger partial charge in [0.2, 0.25) is 0 Å². The molecular formula is C16H17NO3. The van der Waals surface area contributed by atoms with Crippen molar-refractivity contribution in [3.05, 3.63) is 59.7 Å². The zero-order valence-corrected chi connectivity index (χ0v) is 11.3. The Balaban J connectivity index is 1.82. The number of aryl methyl sites for hydroxylation is 1. The third kappa shape index (κ3) is 3.75. The second-order valence-electron chi connectivity index (χ2n) is 4.44. The third-order valence-corrected chi connectivity index (χ3v) is 2.80. The summed E-state index contributed by atoms with van der Waals surface area (Å²) in [6, 6.07) is 14.3. The lowest BCUT2D eigenvalue weighted by atomic mass is 10.1. The van der Waals surface area contributed by atoms with Gasteiger partial charge in [0.25, 0.3) is 5.91 Å². The number of phenolic OH excluding ortho intramolecular Hbond substituents is 1. The second-order valence-corrected chi connectivity index (χ2v) is 4.44. The summed E-state index contributed by atoms with van der Waals surface area (Å²) >= 11 is 0. The zero-order chi connectivity index (χ0) is 14.4. The normalized spacial score (nSPS) is 10.1. The van der Waals surface area contributed by atoms with Gasteiger partial charge in [-0.1, -0.05) is 29.8 Å². The van der Waals surface area contributed by atoms with Crippen LogP contribution in [0.2, 0.25) is 0 Å². The van der Waals surface area contributed by atoms with E-state index in [-0.39, 0.29) is 17.2 Å². The lowest BCUT2D eigenvalue weighted by Crippen LogP contribution is -2.28. The molecule has 1 amide bonds. The first-order valence-corrected chi connectivity index (χ1v) is 6.42. The molecule has 0 aliphatic rings. The molecule has 0 bridgehead atoms. The monoisotopic (exact) mass is 271 g/mol. The summed E-state index contributed by atoms with van der Waals surface area (Å²) in [5.74, 6) is 0.445. The molecule has 0 heterocycles. The minimum Gasteiger partial charge on any atom is -0.507 e. The van der Waals surface area contributed by atoms with Crippen molar-refractivity contribution in [1.82, 2.24) is 5.32 Å². The number of ether oxygens (including phenoxy) is 1. The highest BCUT2D eigenvalue weighted by Crippen LogP contribution is 2.17. The second kappa shape index (κ2) is 6.61. The van der Waals surface area contributed by atoms with Gasteiger partial charge in [-0.3, -0.25) is 4.79 Å². The first kappa shape index (κ1) is 13.9. The molecule has 0 aliphatic heterocycles. The van der Waals surface area contributed by atoms with E-state index in [2.05, 4.69) is 5.32 Å². The Morgan fingerprint density at radius 1 is 1.20 bits per heavy atom. The Labute approximate surface area is 118 Å². The molecule has 0 spiro atoms.